The number of nitrogens with zero attached hydrogens (tertiary/aromatic N) is 2. The fourth-order valence-electron chi connectivity index (χ4n) is 5.02. The number of benzene rings is 1. The van der Waals surface area contributed by atoms with E-state index in [4.69, 9.17) is 4.98 Å². The number of halogens is 1. The van der Waals surface area contributed by atoms with Crippen LogP contribution in [0.2, 0.25) is 0 Å². The predicted molar refractivity (Wildman–Crippen MR) is 107 cm³/mol. The summed E-state index contributed by atoms with van der Waals surface area (Å²) >= 11 is 0. The van der Waals surface area contributed by atoms with E-state index in [-0.39, 0.29) is 18.0 Å². The van der Waals surface area contributed by atoms with Gasteiger partial charge in [-0.1, -0.05) is 13.3 Å². The first-order valence-corrected chi connectivity index (χ1v) is 10.0. The molecule has 0 saturated heterocycles. The van der Waals surface area contributed by atoms with Crippen molar-refractivity contribution in [3.63, 3.8) is 0 Å². The number of aromatic nitrogens is 2. The Balaban J connectivity index is 1.85. The first-order valence-electron chi connectivity index (χ1n) is 10.0. The van der Waals surface area contributed by atoms with E-state index < -0.39 is 0 Å². The zero-order chi connectivity index (χ0) is 19.6. The van der Waals surface area contributed by atoms with Gasteiger partial charge in [0.05, 0.1) is 30.1 Å². The molecule has 0 saturated carbocycles. The van der Waals surface area contributed by atoms with E-state index in [9.17, 15) is 14.3 Å². The molecular weight excluding hydrogens is 355 g/mol. The maximum absolute atomic E-state index is 14.5. The van der Waals surface area contributed by atoms with Gasteiger partial charge < -0.3 is 9.67 Å². The lowest BCUT2D eigenvalue weighted by Gasteiger charge is -2.21. The number of aliphatic hydroxyl groups excluding tert-OH is 1. The van der Waals surface area contributed by atoms with Gasteiger partial charge in [-0.15, -0.1) is 0 Å². The molecule has 1 N–H and O–H groups in total. The van der Waals surface area contributed by atoms with Gasteiger partial charge in [-0.2, -0.15) is 0 Å². The maximum atomic E-state index is 14.5. The maximum Gasteiger partial charge on any atom is 0.257 e. The summed E-state index contributed by atoms with van der Waals surface area (Å²) in [7, 11) is 0. The van der Waals surface area contributed by atoms with Crippen molar-refractivity contribution in [3.05, 3.63) is 61.7 Å². The molecule has 2 aromatic heterocycles. The van der Waals surface area contributed by atoms with Crippen molar-refractivity contribution >= 4 is 10.9 Å². The highest BCUT2D eigenvalue weighted by Gasteiger charge is 2.30. The molecule has 3 aromatic rings. The molecule has 0 radical (unpaired) electrons. The van der Waals surface area contributed by atoms with Gasteiger partial charge in [0, 0.05) is 22.6 Å². The third-order valence-corrected chi connectivity index (χ3v) is 6.40. The smallest absolute Gasteiger partial charge is 0.257 e. The number of fused-ring (bicyclic) bond motifs is 4. The molecule has 144 valence electrons. The van der Waals surface area contributed by atoms with Gasteiger partial charge in [0.2, 0.25) is 0 Å². The molecule has 5 heteroatoms. The van der Waals surface area contributed by atoms with Crippen LogP contribution in [-0.2, 0) is 32.4 Å². The minimum Gasteiger partial charge on any atom is -0.391 e. The third-order valence-electron chi connectivity index (χ3n) is 6.40. The lowest BCUT2D eigenvalue weighted by Crippen LogP contribution is -2.25. The molecule has 3 heterocycles. The monoisotopic (exact) mass is 378 g/mol. The van der Waals surface area contributed by atoms with E-state index in [1.807, 2.05) is 13.0 Å². The average molecular weight is 378 g/mol. The summed E-state index contributed by atoms with van der Waals surface area (Å²) in [6, 6.07) is 3.54. The molecule has 0 amide bonds. The van der Waals surface area contributed by atoms with Gasteiger partial charge in [-0.05, 0) is 60.9 Å². The fourth-order valence-corrected chi connectivity index (χ4v) is 5.02. The molecule has 0 fully saturated rings. The fraction of sp³-hybridized carbons (Fsp3) is 0.391. The summed E-state index contributed by atoms with van der Waals surface area (Å²) in [5, 5.41) is 10.8. The Hall–Kier alpha value is -2.53. The molecule has 2 aliphatic rings. The van der Waals surface area contributed by atoms with Gasteiger partial charge in [-0.25, -0.2) is 9.37 Å². The SMILES string of the molecule is CCCc1cc2n(c(=O)c1CO)Cc1c-2nc2cc(F)c(C)c3c2c1CCC3. The first kappa shape index (κ1) is 17.6. The molecular formula is C23H23FN2O2. The summed E-state index contributed by atoms with van der Waals surface area (Å²) in [5.41, 5.74) is 7.63. The van der Waals surface area contributed by atoms with Crippen LogP contribution in [0.25, 0.3) is 22.3 Å². The number of hydrogen-bond donors (Lipinski definition) is 1. The molecule has 1 aliphatic heterocycles. The quantitative estimate of drug-likeness (QED) is 0.590. The van der Waals surface area contributed by atoms with Gasteiger partial charge in [0.25, 0.3) is 5.56 Å². The van der Waals surface area contributed by atoms with Crippen molar-refractivity contribution in [1.82, 2.24) is 9.55 Å². The zero-order valence-electron chi connectivity index (χ0n) is 16.2. The normalized spacial score (nSPS) is 14.4. The molecule has 1 aromatic carbocycles. The topological polar surface area (TPSA) is 55.1 Å². The predicted octanol–water partition coefficient (Wildman–Crippen LogP) is 3.81. The molecule has 28 heavy (non-hydrogen) atoms. The first-order chi connectivity index (χ1) is 13.5. The highest BCUT2D eigenvalue weighted by molar-refractivity contribution is 5.92. The van der Waals surface area contributed by atoms with Crippen molar-refractivity contribution in [2.75, 3.05) is 0 Å². The minimum atomic E-state index is -0.248. The minimum absolute atomic E-state index is 0.129. The van der Waals surface area contributed by atoms with E-state index in [2.05, 4.69) is 6.92 Å². The Morgan fingerprint density at radius 3 is 2.75 bits per heavy atom. The standard InChI is InChI=1S/C23H23FN2O2/c1-3-5-13-8-20-22-16(10-26(20)23(28)17(13)11-27)15-7-4-6-14-12(2)18(24)9-19(25-22)21(14)15/h8-9,27H,3-7,10-11H2,1-2H3. The lowest BCUT2D eigenvalue weighted by atomic mass is 9.85. The second kappa shape index (κ2) is 6.24. The Kier molecular flexibility index (Phi) is 3.91. The van der Waals surface area contributed by atoms with Crippen LogP contribution in [0.1, 0.15) is 53.1 Å². The van der Waals surface area contributed by atoms with Crippen LogP contribution in [0, 0.1) is 12.7 Å². The van der Waals surface area contributed by atoms with Crippen molar-refractivity contribution in [2.24, 2.45) is 0 Å². The lowest BCUT2D eigenvalue weighted by molar-refractivity contribution is 0.278. The molecule has 5 rings (SSSR count). The van der Waals surface area contributed by atoms with Crippen molar-refractivity contribution < 1.29 is 9.50 Å². The molecule has 0 unspecified atom stereocenters. The van der Waals surface area contributed by atoms with E-state index in [1.54, 1.807) is 10.6 Å². The van der Waals surface area contributed by atoms with Crippen LogP contribution in [0.4, 0.5) is 4.39 Å². The molecule has 0 atom stereocenters. The Labute approximate surface area is 162 Å². The average Bonchev–Trinajstić information content (AvgIpc) is 3.06. The van der Waals surface area contributed by atoms with Crippen LogP contribution in [0.3, 0.4) is 0 Å². The summed E-state index contributed by atoms with van der Waals surface area (Å²) < 4.78 is 16.2. The second-order valence-corrected chi connectivity index (χ2v) is 7.96. The van der Waals surface area contributed by atoms with Crippen LogP contribution in [0.15, 0.2) is 16.9 Å². The van der Waals surface area contributed by atoms with Crippen LogP contribution < -0.4 is 5.56 Å². The number of aryl methyl sites for hydroxylation is 3. The van der Waals surface area contributed by atoms with Gasteiger partial charge >= 0.3 is 0 Å². The molecule has 0 bridgehead atoms. The third kappa shape index (κ3) is 2.26. The summed E-state index contributed by atoms with van der Waals surface area (Å²) in [6.07, 6.45) is 4.42. The Bertz CT molecular complexity index is 1210. The van der Waals surface area contributed by atoms with Gasteiger partial charge in [-0.3, -0.25) is 4.79 Å². The van der Waals surface area contributed by atoms with E-state index >= 15 is 0 Å². The number of pyridine rings is 2. The van der Waals surface area contributed by atoms with Crippen molar-refractivity contribution in [2.45, 2.75) is 59.1 Å². The number of hydrogen-bond acceptors (Lipinski definition) is 3. The van der Waals surface area contributed by atoms with E-state index in [0.29, 0.717) is 17.6 Å². The Morgan fingerprint density at radius 1 is 1.21 bits per heavy atom. The van der Waals surface area contributed by atoms with Crippen LogP contribution in [-0.4, -0.2) is 14.7 Å². The van der Waals surface area contributed by atoms with Gasteiger partial charge in [0.15, 0.2) is 0 Å². The largest absolute Gasteiger partial charge is 0.391 e. The van der Waals surface area contributed by atoms with Crippen LogP contribution >= 0.6 is 0 Å². The van der Waals surface area contributed by atoms with Crippen molar-refractivity contribution in [1.29, 1.82) is 0 Å². The van der Waals surface area contributed by atoms with Crippen molar-refractivity contribution in [3.8, 4) is 11.4 Å². The highest BCUT2D eigenvalue weighted by atomic mass is 19.1. The Morgan fingerprint density at radius 2 is 2.00 bits per heavy atom. The summed E-state index contributed by atoms with van der Waals surface area (Å²) in [6.45, 7) is 4.14. The highest BCUT2D eigenvalue weighted by Crippen LogP contribution is 2.41. The number of rotatable bonds is 3. The molecule has 1 aliphatic carbocycles. The zero-order valence-corrected chi connectivity index (χ0v) is 16.2. The van der Waals surface area contributed by atoms with Gasteiger partial charge in [0.1, 0.15) is 5.82 Å². The second-order valence-electron chi connectivity index (χ2n) is 7.96. The summed E-state index contributed by atoms with van der Waals surface area (Å²) in [5.74, 6) is -0.208. The van der Waals surface area contributed by atoms with E-state index in [0.717, 1.165) is 71.1 Å². The number of aliphatic hydroxyl groups is 1. The molecule has 4 nitrogen and oxygen atoms in total. The molecule has 0 spiro atoms. The summed E-state index contributed by atoms with van der Waals surface area (Å²) in [4.78, 5) is 17.9. The van der Waals surface area contributed by atoms with E-state index in [1.165, 1.54) is 5.56 Å². The van der Waals surface area contributed by atoms with Crippen LogP contribution in [0.5, 0.6) is 0 Å².